The Hall–Kier alpha value is -1.23. The minimum absolute atomic E-state index is 0.0525. The van der Waals surface area contributed by atoms with Crippen molar-refractivity contribution in [1.82, 2.24) is 0 Å². The normalized spacial score (nSPS) is 11.1. The van der Waals surface area contributed by atoms with E-state index < -0.39 is 12.1 Å². The van der Waals surface area contributed by atoms with Crippen molar-refractivity contribution in [2.24, 2.45) is 0 Å². The monoisotopic (exact) mass is 225 g/mol. The highest BCUT2D eigenvalue weighted by Crippen LogP contribution is 2.19. The molecule has 0 bridgehead atoms. The predicted octanol–water partition coefficient (Wildman–Crippen LogP) is 2.84. The molecule has 1 amide bonds. The maximum atomic E-state index is 11.8. The summed E-state index contributed by atoms with van der Waals surface area (Å²) in [4.78, 5) is 10.4. The lowest BCUT2D eigenvalue weighted by molar-refractivity contribution is -0.167. The van der Waals surface area contributed by atoms with Crippen LogP contribution in [-0.2, 0) is 4.79 Å². The third-order valence-electron chi connectivity index (χ3n) is 1.36. The SMILES string of the molecule is O=C(N[14c]1ccc(Cl)cc1)C(F)(F)F. The van der Waals surface area contributed by atoms with E-state index in [4.69, 9.17) is 11.6 Å². The summed E-state index contributed by atoms with van der Waals surface area (Å²) in [5, 5.41) is 2.07. The number of hydrogen-bond acceptors (Lipinski definition) is 1. The minimum Gasteiger partial charge on any atom is -0.318 e. The van der Waals surface area contributed by atoms with E-state index in [2.05, 4.69) is 0 Å². The average Bonchev–Trinajstić information content (AvgIpc) is 2.07. The number of carbonyl (C=O) groups excluding carboxylic acids is 1. The van der Waals surface area contributed by atoms with Crippen LogP contribution in [0.25, 0.3) is 0 Å². The summed E-state index contributed by atoms with van der Waals surface area (Å²) >= 11 is 5.50. The van der Waals surface area contributed by atoms with E-state index in [9.17, 15) is 18.0 Å². The van der Waals surface area contributed by atoms with Gasteiger partial charge in [-0.15, -0.1) is 0 Å². The Balaban J connectivity index is 2.71. The highest BCUT2D eigenvalue weighted by Gasteiger charge is 2.38. The second-order valence-electron chi connectivity index (χ2n) is 2.46. The molecule has 0 aliphatic rings. The van der Waals surface area contributed by atoms with E-state index in [0.29, 0.717) is 5.02 Å². The van der Waals surface area contributed by atoms with Gasteiger partial charge < -0.3 is 5.32 Å². The summed E-state index contributed by atoms with van der Waals surface area (Å²) in [5.41, 5.74) is 0.0525. The molecule has 14 heavy (non-hydrogen) atoms. The fourth-order valence-electron chi connectivity index (χ4n) is 0.735. The first-order valence-electron chi connectivity index (χ1n) is 3.53. The largest absolute Gasteiger partial charge is 0.471 e. The van der Waals surface area contributed by atoms with Crippen molar-refractivity contribution in [3.05, 3.63) is 29.3 Å². The number of anilines is 1. The van der Waals surface area contributed by atoms with Crippen molar-refractivity contribution >= 4 is 23.2 Å². The number of halogens is 4. The fraction of sp³-hybridized carbons (Fsp3) is 0.125. The molecule has 0 radical (unpaired) electrons. The number of benzene rings is 1. The van der Waals surface area contributed by atoms with Gasteiger partial charge in [0.15, 0.2) is 0 Å². The van der Waals surface area contributed by atoms with E-state index in [1.54, 1.807) is 5.32 Å². The van der Waals surface area contributed by atoms with Gasteiger partial charge in [0.2, 0.25) is 0 Å². The minimum atomic E-state index is -4.88. The number of rotatable bonds is 1. The summed E-state index contributed by atoms with van der Waals surface area (Å²) in [5.74, 6) is -2.00. The van der Waals surface area contributed by atoms with Crippen LogP contribution in [0.4, 0.5) is 18.9 Å². The van der Waals surface area contributed by atoms with Crippen LogP contribution in [0.5, 0.6) is 0 Å². The summed E-state index contributed by atoms with van der Waals surface area (Å²) in [7, 11) is 0. The van der Waals surface area contributed by atoms with Crippen molar-refractivity contribution in [3.8, 4) is 0 Å². The van der Waals surface area contributed by atoms with Crippen LogP contribution in [-0.4, -0.2) is 12.1 Å². The summed E-state index contributed by atoms with van der Waals surface area (Å²) in [6.45, 7) is 0. The first-order chi connectivity index (χ1) is 6.39. The predicted molar refractivity (Wildman–Crippen MR) is 46.1 cm³/mol. The number of alkyl halides is 3. The Bertz CT molecular complexity index is 333. The second-order valence-corrected chi connectivity index (χ2v) is 2.90. The number of carbonyl (C=O) groups is 1. The zero-order valence-corrected chi connectivity index (χ0v) is 7.49. The first kappa shape index (κ1) is 10.8. The van der Waals surface area contributed by atoms with Gasteiger partial charge >= 0.3 is 12.1 Å². The van der Waals surface area contributed by atoms with Gasteiger partial charge in [-0.25, -0.2) is 0 Å². The van der Waals surface area contributed by atoms with Crippen molar-refractivity contribution in [3.63, 3.8) is 0 Å². The zero-order valence-electron chi connectivity index (χ0n) is 6.73. The summed E-state index contributed by atoms with van der Waals surface area (Å²) in [6, 6.07) is 5.33. The molecular weight excluding hydrogens is 221 g/mol. The molecule has 0 saturated carbocycles. The lowest BCUT2D eigenvalue weighted by Gasteiger charge is -2.07. The number of amides is 1. The molecule has 0 saturated heterocycles. The Morgan fingerprint density at radius 3 is 2.29 bits per heavy atom. The van der Waals surface area contributed by atoms with Crippen LogP contribution in [0, 0.1) is 0 Å². The Morgan fingerprint density at radius 1 is 1.36 bits per heavy atom. The van der Waals surface area contributed by atoms with Crippen LogP contribution in [0.2, 0.25) is 5.02 Å². The lowest BCUT2D eigenvalue weighted by atomic mass is 10.5. The molecule has 1 aromatic rings. The molecule has 6 heteroatoms. The highest BCUT2D eigenvalue weighted by atomic mass is 35.5. The molecule has 0 fully saturated rings. The molecule has 0 aliphatic carbocycles. The van der Waals surface area contributed by atoms with Gasteiger partial charge in [-0.3, -0.25) is 4.79 Å². The molecule has 0 aromatic heterocycles. The quantitative estimate of drug-likeness (QED) is 0.782. The van der Waals surface area contributed by atoms with Gasteiger partial charge in [-0.2, -0.15) is 13.2 Å². The molecule has 0 unspecified atom stereocenters. The van der Waals surface area contributed by atoms with Gasteiger partial charge in [0.25, 0.3) is 0 Å². The fourth-order valence-corrected chi connectivity index (χ4v) is 0.861. The Labute approximate surface area is 82.7 Å². The first-order valence-corrected chi connectivity index (χ1v) is 3.91. The Kier molecular flexibility index (Phi) is 3.00. The highest BCUT2D eigenvalue weighted by molar-refractivity contribution is 6.30. The maximum absolute atomic E-state index is 11.8. The zero-order chi connectivity index (χ0) is 10.8. The van der Waals surface area contributed by atoms with E-state index in [0.717, 1.165) is 0 Å². The van der Waals surface area contributed by atoms with Crippen molar-refractivity contribution in [1.29, 1.82) is 0 Å². The molecule has 1 rings (SSSR count). The van der Waals surface area contributed by atoms with Crippen molar-refractivity contribution < 1.29 is 18.0 Å². The van der Waals surface area contributed by atoms with Crippen LogP contribution in [0.1, 0.15) is 0 Å². The molecule has 0 aliphatic heterocycles. The van der Waals surface area contributed by atoms with Crippen molar-refractivity contribution in [2.45, 2.75) is 6.18 Å². The van der Waals surface area contributed by atoms with E-state index in [-0.39, 0.29) is 5.69 Å². The molecule has 2 nitrogen and oxygen atoms in total. The molecule has 0 spiro atoms. The third kappa shape index (κ3) is 2.92. The second kappa shape index (κ2) is 3.88. The third-order valence-corrected chi connectivity index (χ3v) is 1.61. The molecule has 1 aromatic carbocycles. The van der Waals surface area contributed by atoms with Gasteiger partial charge in [0.05, 0.1) is 0 Å². The molecule has 1 N–H and O–H groups in total. The van der Waals surface area contributed by atoms with Crippen molar-refractivity contribution in [2.75, 3.05) is 5.32 Å². The van der Waals surface area contributed by atoms with Gasteiger partial charge in [-0.1, -0.05) is 11.6 Å². The van der Waals surface area contributed by atoms with E-state index >= 15 is 0 Å². The molecule has 0 heterocycles. The Morgan fingerprint density at radius 2 is 1.86 bits per heavy atom. The van der Waals surface area contributed by atoms with Gasteiger partial charge in [-0.05, 0) is 24.3 Å². The number of hydrogen-bond donors (Lipinski definition) is 1. The molecular formula is C8H5ClF3NO. The topological polar surface area (TPSA) is 29.1 Å². The van der Waals surface area contributed by atoms with Crippen LogP contribution in [0.15, 0.2) is 24.3 Å². The van der Waals surface area contributed by atoms with Gasteiger partial charge in [0, 0.05) is 10.7 Å². The summed E-state index contributed by atoms with van der Waals surface area (Å²) < 4.78 is 35.3. The van der Waals surface area contributed by atoms with E-state index in [1.165, 1.54) is 24.3 Å². The maximum Gasteiger partial charge on any atom is 0.471 e. The standard InChI is InChI=1S/C8H5ClF3NO/c9-5-1-3-6(4-2-5)13-7(14)8(10,11)12/h1-4H,(H,13,14)/i6+2. The smallest absolute Gasteiger partial charge is 0.318 e. The lowest BCUT2D eigenvalue weighted by Crippen LogP contribution is -2.29. The van der Waals surface area contributed by atoms with Crippen LogP contribution < -0.4 is 5.32 Å². The van der Waals surface area contributed by atoms with E-state index in [1.807, 2.05) is 0 Å². The van der Waals surface area contributed by atoms with Gasteiger partial charge in [0.1, 0.15) is 0 Å². The molecule has 76 valence electrons. The van der Waals surface area contributed by atoms with Crippen LogP contribution in [0.3, 0.4) is 0 Å². The number of nitrogens with one attached hydrogen (secondary N) is 1. The summed E-state index contributed by atoms with van der Waals surface area (Å²) in [6.07, 6.45) is -4.88. The average molecular weight is 226 g/mol. The van der Waals surface area contributed by atoms with Crippen LogP contribution >= 0.6 is 11.6 Å². The molecule has 0 atom stereocenters.